The van der Waals surface area contributed by atoms with E-state index < -0.39 is 0 Å². The smallest absolute Gasteiger partial charge is 0.310 e. The maximum absolute atomic E-state index is 11.3. The van der Waals surface area contributed by atoms with Crippen LogP contribution in [0.25, 0.3) is 0 Å². The maximum Gasteiger partial charge on any atom is 0.310 e. The van der Waals surface area contributed by atoms with Crippen molar-refractivity contribution in [3.8, 4) is 0 Å². The van der Waals surface area contributed by atoms with Crippen LogP contribution in [0, 0.1) is 11.8 Å². The molecule has 0 bridgehead atoms. The van der Waals surface area contributed by atoms with Gasteiger partial charge in [-0.3, -0.25) is 9.79 Å². The Kier molecular flexibility index (Phi) is 14.3. The number of carbonyl (C=O) groups excluding carboxylic acids is 1. The Labute approximate surface area is 162 Å². The van der Waals surface area contributed by atoms with Crippen molar-refractivity contribution in [1.29, 1.82) is 0 Å². The molecule has 1 fully saturated rings. The fourth-order valence-electron chi connectivity index (χ4n) is 2.30. The molecule has 0 aromatic carbocycles. The van der Waals surface area contributed by atoms with E-state index in [2.05, 4.69) is 20.4 Å². The molecule has 0 aliphatic carbocycles. The highest BCUT2D eigenvalue weighted by atomic mass is 127. The van der Waals surface area contributed by atoms with Crippen molar-refractivity contribution in [2.45, 2.75) is 26.2 Å². The molecule has 2 N–H and O–H groups in total. The number of halogens is 1. The molecule has 1 aliphatic heterocycles. The van der Waals surface area contributed by atoms with E-state index in [0.29, 0.717) is 18.4 Å². The minimum absolute atomic E-state index is 0. The third kappa shape index (κ3) is 10.3. The van der Waals surface area contributed by atoms with Gasteiger partial charge in [0.05, 0.1) is 13.0 Å². The molecule has 8 heteroatoms. The molecule has 0 aromatic heterocycles. The average Bonchev–Trinajstić information content (AvgIpc) is 2.60. The SMILES string of the molecule is CN=C(NCCCOCC1CCOCC1)NCC(C)C(=O)OC.I. The zero-order valence-electron chi connectivity index (χ0n) is 15.0. The van der Waals surface area contributed by atoms with E-state index >= 15 is 0 Å². The van der Waals surface area contributed by atoms with Gasteiger partial charge >= 0.3 is 5.97 Å². The van der Waals surface area contributed by atoms with Gasteiger partial charge in [-0.1, -0.05) is 6.92 Å². The van der Waals surface area contributed by atoms with Crippen LogP contribution < -0.4 is 10.6 Å². The van der Waals surface area contributed by atoms with Gasteiger partial charge in [-0.15, -0.1) is 24.0 Å². The van der Waals surface area contributed by atoms with Crippen molar-refractivity contribution < 1.29 is 19.0 Å². The number of nitrogens with zero attached hydrogens (tertiary/aromatic N) is 1. The molecule has 1 saturated heterocycles. The Bertz CT molecular complexity index is 363. The summed E-state index contributed by atoms with van der Waals surface area (Å²) in [6, 6.07) is 0. The first-order chi connectivity index (χ1) is 11.2. The predicted molar refractivity (Wildman–Crippen MR) is 105 cm³/mol. The Morgan fingerprint density at radius 3 is 2.67 bits per heavy atom. The van der Waals surface area contributed by atoms with E-state index in [4.69, 9.17) is 9.47 Å². The number of rotatable bonds is 9. The highest BCUT2D eigenvalue weighted by molar-refractivity contribution is 14.0. The highest BCUT2D eigenvalue weighted by Crippen LogP contribution is 2.14. The molecule has 0 amide bonds. The van der Waals surface area contributed by atoms with Crippen LogP contribution in [-0.2, 0) is 19.0 Å². The summed E-state index contributed by atoms with van der Waals surface area (Å²) in [7, 11) is 3.10. The number of ether oxygens (including phenoxy) is 3. The Morgan fingerprint density at radius 1 is 1.33 bits per heavy atom. The number of methoxy groups -OCH3 is 1. The molecular weight excluding hydrogens is 425 g/mol. The van der Waals surface area contributed by atoms with E-state index in [1.165, 1.54) is 7.11 Å². The Hall–Kier alpha value is -0.610. The van der Waals surface area contributed by atoms with E-state index in [-0.39, 0.29) is 35.9 Å². The fourth-order valence-corrected chi connectivity index (χ4v) is 2.30. The molecule has 1 aliphatic rings. The summed E-state index contributed by atoms with van der Waals surface area (Å²) >= 11 is 0. The normalized spacial score (nSPS) is 16.9. The largest absolute Gasteiger partial charge is 0.469 e. The summed E-state index contributed by atoms with van der Waals surface area (Å²) in [6.45, 7) is 6.37. The molecule has 1 heterocycles. The quantitative estimate of drug-likeness (QED) is 0.179. The lowest BCUT2D eigenvalue weighted by molar-refractivity contribution is -0.144. The molecule has 1 atom stereocenters. The summed E-state index contributed by atoms with van der Waals surface area (Å²) < 4.78 is 15.7. The second kappa shape index (κ2) is 14.7. The molecule has 24 heavy (non-hydrogen) atoms. The molecular formula is C16H32IN3O4. The molecule has 0 radical (unpaired) electrons. The van der Waals surface area contributed by atoms with E-state index in [1.54, 1.807) is 7.05 Å². The minimum Gasteiger partial charge on any atom is -0.469 e. The Balaban J connectivity index is 0.00000529. The van der Waals surface area contributed by atoms with Gasteiger partial charge in [-0.25, -0.2) is 0 Å². The summed E-state index contributed by atoms with van der Waals surface area (Å²) in [5.74, 6) is 0.895. The zero-order valence-corrected chi connectivity index (χ0v) is 17.3. The highest BCUT2D eigenvalue weighted by Gasteiger charge is 2.14. The van der Waals surface area contributed by atoms with Gasteiger partial charge in [0, 0.05) is 46.6 Å². The van der Waals surface area contributed by atoms with Crippen LogP contribution in [0.1, 0.15) is 26.2 Å². The van der Waals surface area contributed by atoms with Gasteiger partial charge in [0.25, 0.3) is 0 Å². The maximum atomic E-state index is 11.3. The van der Waals surface area contributed by atoms with Gasteiger partial charge in [0.1, 0.15) is 0 Å². The van der Waals surface area contributed by atoms with Crippen molar-refractivity contribution in [1.82, 2.24) is 10.6 Å². The van der Waals surface area contributed by atoms with Crippen molar-refractivity contribution in [3.63, 3.8) is 0 Å². The van der Waals surface area contributed by atoms with Gasteiger partial charge in [-0.2, -0.15) is 0 Å². The number of nitrogens with one attached hydrogen (secondary N) is 2. The molecule has 142 valence electrons. The van der Waals surface area contributed by atoms with Gasteiger partial charge < -0.3 is 24.8 Å². The number of hydrogen-bond acceptors (Lipinski definition) is 5. The second-order valence-electron chi connectivity index (χ2n) is 5.79. The van der Waals surface area contributed by atoms with Crippen LogP contribution in [-0.4, -0.2) is 65.6 Å². The summed E-state index contributed by atoms with van der Waals surface area (Å²) in [4.78, 5) is 15.5. The first-order valence-corrected chi connectivity index (χ1v) is 8.35. The first kappa shape index (κ1) is 23.4. The van der Waals surface area contributed by atoms with Gasteiger partial charge in [-0.05, 0) is 25.2 Å². The predicted octanol–water partition coefficient (Wildman–Crippen LogP) is 1.41. The third-order valence-corrected chi connectivity index (χ3v) is 3.86. The van der Waals surface area contributed by atoms with Crippen LogP contribution in [0.2, 0.25) is 0 Å². The van der Waals surface area contributed by atoms with E-state index in [0.717, 1.165) is 52.2 Å². The van der Waals surface area contributed by atoms with Gasteiger partial charge in [0.2, 0.25) is 0 Å². The molecule has 1 rings (SSSR count). The van der Waals surface area contributed by atoms with Crippen molar-refractivity contribution >= 4 is 35.9 Å². The average molecular weight is 457 g/mol. The number of guanidine groups is 1. The number of carbonyl (C=O) groups is 1. The molecule has 0 aromatic rings. The lowest BCUT2D eigenvalue weighted by Crippen LogP contribution is -2.41. The number of esters is 1. The first-order valence-electron chi connectivity index (χ1n) is 8.35. The topological polar surface area (TPSA) is 81.2 Å². The monoisotopic (exact) mass is 457 g/mol. The number of aliphatic imine (C=N–C) groups is 1. The summed E-state index contributed by atoms with van der Waals surface area (Å²) in [5.41, 5.74) is 0. The van der Waals surface area contributed by atoms with E-state index in [9.17, 15) is 4.79 Å². The summed E-state index contributed by atoms with van der Waals surface area (Å²) in [6.07, 6.45) is 3.12. The second-order valence-corrected chi connectivity index (χ2v) is 5.79. The van der Waals surface area contributed by atoms with Crippen molar-refractivity contribution in [2.75, 3.05) is 53.7 Å². The summed E-state index contributed by atoms with van der Waals surface area (Å²) in [5, 5.41) is 6.32. The van der Waals surface area contributed by atoms with Crippen molar-refractivity contribution in [3.05, 3.63) is 0 Å². The molecule has 0 spiro atoms. The lowest BCUT2D eigenvalue weighted by Gasteiger charge is -2.21. The fraction of sp³-hybridized carbons (Fsp3) is 0.875. The van der Waals surface area contributed by atoms with Crippen LogP contribution in [0.15, 0.2) is 4.99 Å². The molecule has 7 nitrogen and oxygen atoms in total. The van der Waals surface area contributed by atoms with E-state index in [1.807, 2.05) is 6.92 Å². The van der Waals surface area contributed by atoms with Crippen LogP contribution in [0.4, 0.5) is 0 Å². The standard InChI is InChI=1S/C16H31N3O4.HI/c1-13(15(20)21-3)11-19-16(17-2)18-7-4-8-23-12-14-5-9-22-10-6-14;/h13-14H,4-12H2,1-3H3,(H2,17,18,19);1H. The van der Waals surface area contributed by atoms with Gasteiger partial charge in [0.15, 0.2) is 5.96 Å². The van der Waals surface area contributed by atoms with Crippen molar-refractivity contribution in [2.24, 2.45) is 16.8 Å². The Morgan fingerprint density at radius 2 is 2.04 bits per heavy atom. The number of hydrogen-bond donors (Lipinski definition) is 2. The molecule has 0 saturated carbocycles. The van der Waals surface area contributed by atoms with Crippen LogP contribution >= 0.6 is 24.0 Å². The molecule has 1 unspecified atom stereocenters. The minimum atomic E-state index is -0.227. The van der Waals surface area contributed by atoms with Crippen LogP contribution in [0.5, 0.6) is 0 Å². The van der Waals surface area contributed by atoms with Crippen LogP contribution in [0.3, 0.4) is 0 Å². The third-order valence-electron chi connectivity index (χ3n) is 3.86. The zero-order chi connectivity index (χ0) is 16.9. The lowest BCUT2D eigenvalue weighted by atomic mass is 10.0.